The van der Waals surface area contributed by atoms with E-state index in [-0.39, 0.29) is 47.1 Å². The van der Waals surface area contributed by atoms with E-state index in [9.17, 15) is 24.6 Å². The number of ether oxygens (including phenoxy) is 4. The van der Waals surface area contributed by atoms with Crippen LogP contribution in [0.2, 0.25) is 0 Å². The van der Waals surface area contributed by atoms with Crippen molar-refractivity contribution in [2.75, 3.05) is 27.9 Å². The minimum atomic E-state index is -0.966. The van der Waals surface area contributed by atoms with Crippen LogP contribution in [-0.4, -0.2) is 71.6 Å². The van der Waals surface area contributed by atoms with E-state index in [1.165, 1.54) is 27.4 Å². The summed E-state index contributed by atoms with van der Waals surface area (Å²) in [5.41, 5.74) is 0.530. The molecule has 0 aliphatic carbocycles. The number of rotatable bonds is 10. The zero-order valence-corrected chi connectivity index (χ0v) is 27.3. The van der Waals surface area contributed by atoms with Crippen LogP contribution in [0.3, 0.4) is 0 Å². The Hall–Kier alpha value is -5.00. The minimum absolute atomic E-state index is 0.0371. The van der Waals surface area contributed by atoms with Crippen molar-refractivity contribution in [1.29, 1.82) is 0 Å². The van der Waals surface area contributed by atoms with Gasteiger partial charge >= 0.3 is 5.97 Å². The molecule has 0 radical (unpaired) electrons. The third-order valence-corrected chi connectivity index (χ3v) is 8.10. The van der Waals surface area contributed by atoms with E-state index in [1.54, 1.807) is 54.4 Å². The molecule has 3 aromatic rings. The summed E-state index contributed by atoms with van der Waals surface area (Å²) in [6.45, 7) is 2.45. The average molecular weight is 650 g/mol. The molecule has 12 nitrogen and oxygen atoms in total. The Morgan fingerprint density at radius 2 is 1.81 bits per heavy atom. The smallest absolute Gasteiger partial charge is 0.342 e. The number of aromatic hydroxyl groups is 2. The summed E-state index contributed by atoms with van der Waals surface area (Å²) in [4.78, 5) is 39.2. The van der Waals surface area contributed by atoms with Crippen molar-refractivity contribution in [2.45, 2.75) is 70.4 Å². The number of fused-ring (bicyclic) bond motifs is 1. The Balaban J connectivity index is 1.81. The number of cyclic esters (lactones) is 1. The number of nitrogens with zero attached hydrogens (tertiary/aromatic N) is 2. The molecule has 12 heteroatoms. The Kier molecular flexibility index (Phi) is 12.3. The molecule has 0 spiro atoms. The highest BCUT2D eigenvalue weighted by Crippen LogP contribution is 2.47. The molecule has 0 bridgehead atoms. The molecule has 3 N–H and O–H groups in total. The number of carbonyl (C=O) groups excluding carboxylic acids is 3. The summed E-state index contributed by atoms with van der Waals surface area (Å²) in [7, 11) is 4.38. The summed E-state index contributed by atoms with van der Waals surface area (Å²) >= 11 is 0. The van der Waals surface area contributed by atoms with Crippen molar-refractivity contribution in [3.8, 4) is 28.7 Å². The van der Waals surface area contributed by atoms with Gasteiger partial charge in [0.2, 0.25) is 11.7 Å². The van der Waals surface area contributed by atoms with Gasteiger partial charge in [0.1, 0.15) is 22.8 Å². The van der Waals surface area contributed by atoms with Gasteiger partial charge < -0.3 is 34.5 Å². The summed E-state index contributed by atoms with van der Waals surface area (Å²) in [5, 5.41) is 30.3. The fraction of sp³-hybridized carbons (Fsp3) is 0.429. The van der Waals surface area contributed by atoms with E-state index in [2.05, 4.69) is 10.4 Å². The Bertz CT molecular complexity index is 1560. The van der Waals surface area contributed by atoms with E-state index in [4.69, 9.17) is 18.9 Å². The van der Waals surface area contributed by atoms with Crippen LogP contribution in [0.15, 0.2) is 42.7 Å². The maximum absolute atomic E-state index is 13.6. The first-order valence-corrected chi connectivity index (χ1v) is 15.7. The molecule has 0 saturated carbocycles. The number of carbonyl (C=O) groups is 3. The molecule has 1 amide bonds. The van der Waals surface area contributed by atoms with Gasteiger partial charge in [0.05, 0.1) is 34.0 Å². The standard InChI is InChI=1S/C35H43N3O9/c1-22-10-8-13-25(39)12-7-5-6-11-23-18-27(40)32(33(42)31(23)35(43)47-22)26(21-30(41)36-15-17-38-16-9-14-37-38)24-19-28(44-2)34(46-4)29(20-24)45-3/h6,9,11,14,16,18-20,22,26,40,42H,5,7-8,10,12-13,15,17,21H2,1-4H3,(H,36,41). The third-order valence-electron chi connectivity index (χ3n) is 8.10. The van der Waals surface area contributed by atoms with Gasteiger partial charge in [-0.3, -0.25) is 14.3 Å². The lowest BCUT2D eigenvalue weighted by Gasteiger charge is -2.24. The predicted octanol–water partition coefficient (Wildman–Crippen LogP) is 5.14. The SMILES string of the molecule is COc1cc(C(CC(=O)NCCn2cccn2)c2c(O)cc3c(c2O)C(=O)OC(C)CCCC(=O)CCCC=C3)cc(OC)c1OC. The van der Waals surface area contributed by atoms with Crippen molar-refractivity contribution < 1.29 is 43.5 Å². The molecule has 2 aromatic carbocycles. The number of nitrogens with one attached hydrogen (secondary N) is 1. The van der Waals surface area contributed by atoms with E-state index in [0.29, 0.717) is 67.9 Å². The number of benzene rings is 2. The Morgan fingerprint density at radius 1 is 1.09 bits per heavy atom. The number of Topliss-reactive ketones (excluding diaryl/α,β-unsaturated/α-hetero) is 1. The highest BCUT2D eigenvalue weighted by atomic mass is 16.5. The topological polar surface area (TPSA) is 158 Å². The van der Waals surface area contributed by atoms with Crippen molar-refractivity contribution in [1.82, 2.24) is 15.1 Å². The van der Waals surface area contributed by atoms with E-state index < -0.39 is 23.7 Å². The molecule has 1 aliphatic heterocycles. The van der Waals surface area contributed by atoms with E-state index in [1.807, 2.05) is 0 Å². The van der Waals surface area contributed by atoms with Crippen LogP contribution in [0, 0.1) is 0 Å². The highest BCUT2D eigenvalue weighted by molar-refractivity contribution is 5.98. The molecule has 0 saturated heterocycles. The molecule has 0 fully saturated rings. The van der Waals surface area contributed by atoms with Gasteiger partial charge in [0.15, 0.2) is 11.5 Å². The number of methoxy groups -OCH3 is 3. The minimum Gasteiger partial charge on any atom is -0.507 e. The van der Waals surface area contributed by atoms with Crippen LogP contribution in [0.4, 0.5) is 0 Å². The molecule has 1 aromatic heterocycles. The van der Waals surface area contributed by atoms with Crippen molar-refractivity contribution >= 4 is 23.7 Å². The quantitative estimate of drug-likeness (QED) is 0.251. The molecule has 4 rings (SSSR count). The number of ketones is 1. The van der Waals surface area contributed by atoms with Crippen LogP contribution in [0.25, 0.3) is 6.08 Å². The highest BCUT2D eigenvalue weighted by Gasteiger charge is 2.32. The number of hydrogen-bond donors (Lipinski definition) is 3. The van der Waals surface area contributed by atoms with Crippen LogP contribution in [0.5, 0.6) is 28.7 Å². The van der Waals surface area contributed by atoms with Crippen molar-refractivity contribution in [2.24, 2.45) is 0 Å². The second kappa shape index (κ2) is 16.5. The summed E-state index contributed by atoms with van der Waals surface area (Å²) < 4.78 is 24.0. The van der Waals surface area contributed by atoms with E-state index in [0.717, 1.165) is 0 Å². The number of aromatic nitrogens is 2. The zero-order chi connectivity index (χ0) is 33.9. The summed E-state index contributed by atoms with van der Waals surface area (Å²) in [6.07, 6.45) is 9.19. The molecule has 47 heavy (non-hydrogen) atoms. The largest absolute Gasteiger partial charge is 0.507 e. The first-order valence-electron chi connectivity index (χ1n) is 15.7. The van der Waals surface area contributed by atoms with Gasteiger partial charge in [0, 0.05) is 49.7 Å². The molecular weight excluding hydrogens is 606 g/mol. The fourth-order valence-corrected chi connectivity index (χ4v) is 5.71. The second-order valence-corrected chi connectivity index (χ2v) is 11.4. The molecule has 252 valence electrons. The van der Waals surface area contributed by atoms with Gasteiger partial charge in [-0.2, -0.15) is 5.10 Å². The Morgan fingerprint density at radius 3 is 2.47 bits per heavy atom. The van der Waals surface area contributed by atoms with Gasteiger partial charge in [-0.25, -0.2) is 4.79 Å². The maximum Gasteiger partial charge on any atom is 0.342 e. The molecule has 2 unspecified atom stereocenters. The number of amides is 1. The van der Waals surface area contributed by atoms with Crippen molar-refractivity contribution in [3.63, 3.8) is 0 Å². The lowest BCUT2D eigenvalue weighted by atomic mass is 9.84. The predicted molar refractivity (Wildman–Crippen MR) is 174 cm³/mol. The normalized spacial score (nSPS) is 16.4. The number of phenolic OH excluding ortho intramolecular Hbond substituents is 2. The average Bonchev–Trinajstić information content (AvgIpc) is 3.56. The third kappa shape index (κ3) is 8.84. The van der Waals surface area contributed by atoms with E-state index >= 15 is 0 Å². The van der Waals surface area contributed by atoms with Gasteiger partial charge in [-0.15, -0.1) is 0 Å². The van der Waals surface area contributed by atoms with Crippen LogP contribution < -0.4 is 19.5 Å². The molecule has 2 heterocycles. The van der Waals surface area contributed by atoms with Crippen LogP contribution in [0.1, 0.15) is 84.8 Å². The monoisotopic (exact) mass is 649 g/mol. The van der Waals surface area contributed by atoms with Crippen LogP contribution in [-0.2, 0) is 20.9 Å². The lowest BCUT2D eigenvalue weighted by Crippen LogP contribution is -2.29. The number of allylic oxidation sites excluding steroid dienone is 1. The molecular formula is C35H43N3O9. The van der Waals surface area contributed by atoms with Gasteiger partial charge in [0.25, 0.3) is 0 Å². The summed E-state index contributed by atoms with van der Waals surface area (Å²) in [5.74, 6) is -1.87. The first kappa shape index (κ1) is 34.9. The molecule has 1 aliphatic rings. The van der Waals surface area contributed by atoms with Crippen LogP contribution >= 0.6 is 0 Å². The Labute approximate surface area is 274 Å². The number of hydrogen-bond acceptors (Lipinski definition) is 10. The number of esters is 1. The van der Waals surface area contributed by atoms with Gasteiger partial charge in [-0.1, -0.05) is 12.2 Å². The second-order valence-electron chi connectivity index (χ2n) is 11.4. The maximum atomic E-state index is 13.6. The van der Waals surface area contributed by atoms with Gasteiger partial charge in [-0.05, 0) is 68.0 Å². The fourth-order valence-electron chi connectivity index (χ4n) is 5.71. The zero-order valence-electron chi connectivity index (χ0n) is 27.3. The van der Waals surface area contributed by atoms with Crippen molar-refractivity contribution in [3.05, 3.63) is 65.0 Å². The molecule has 2 atom stereocenters. The first-order chi connectivity index (χ1) is 22.7. The number of phenols is 2. The lowest BCUT2D eigenvalue weighted by molar-refractivity contribution is -0.121. The summed E-state index contributed by atoms with van der Waals surface area (Å²) in [6, 6.07) is 6.43.